The minimum atomic E-state index is -0.354. The van der Waals surface area contributed by atoms with E-state index in [1.165, 1.54) is 6.07 Å². The molecule has 0 spiro atoms. The number of rotatable bonds is 3. The summed E-state index contributed by atoms with van der Waals surface area (Å²) in [5, 5.41) is 13.8. The first-order valence-electron chi connectivity index (χ1n) is 4.80. The van der Waals surface area contributed by atoms with Crippen LogP contribution in [0.2, 0.25) is 0 Å². The molecule has 0 unspecified atom stereocenters. The second kappa shape index (κ2) is 4.28. The molecule has 1 heterocycles. The van der Waals surface area contributed by atoms with E-state index >= 15 is 0 Å². The fourth-order valence-corrected chi connectivity index (χ4v) is 2.21. The second-order valence-electron chi connectivity index (χ2n) is 3.80. The number of hydrogen-bond acceptors (Lipinski definition) is 3. The van der Waals surface area contributed by atoms with E-state index < -0.39 is 0 Å². The zero-order valence-corrected chi connectivity index (χ0v) is 9.66. The molecule has 1 aliphatic rings. The maximum absolute atomic E-state index is 10.6. The Kier molecular flexibility index (Phi) is 3.02. The maximum atomic E-state index is 10.6. The number of nitro groups is 1. The van der Waals surface area contributed by atoms with Gasteiger partial charge in [-0.3, -0.25) is 10.1 Å². The Bertz CT molecular complexity index is 391. The van der Waals surface area contributed by atoms with Gasteiger partial charge in [0.15, 0.2) is 0 Å². The first-order chi connectivity index (χ1) is 7.15. The Morgan fingerprint density at radius 2 is 2.20 bits per heavy atom. The third kappa shape index (κ3) is 2.54. The molecule has 4 nitrogen and oxygen atoms in total. The van der Waals surface area contributed by atoms with Crippen LogP contribution in [0, 0.1) is 16.0 Å². The van der Waals surface area contributed by atoms with Gasteiger partial charge in [0, 0.05) is 16.6 Å². The topological polar surface area (TPSA) is 55.2 Å². The van der Waals surface area contributed by atoms with Gasteiger partial charge in [-0.2, -0.15) is 0 Å². The largest absolute Gasteiger partial charge is 0.316 e. The first-order valence-corrected chi connectivity index (χ1v) is 5.59. The van der Waals surface area contributed by atoms with Crippen LogP contribution >= 0.6 is 15.9 Å². The highest BCUT2D eigenvalue weighted by molar-refractivity contribution is 9.10. The molecule has 1 aromatic carbocycles. The number of hydrogen-bond donors (Lipinski definition) is 1. The van der Waals surface area contributed by atoms with Crippen molar-refractivity contribution in [2.45, 2.75) is 6.42 Å². The van der Waals surface area contributed by atoms with Crippen molar-refractivity contribution >= 4 is 21.6 Å². The summed E-state index contributed by atoms with van der Waals surface area (Å²) in [7, 11) is 0. The Morgan fingerprint density at radius 3 is 2.73 bits per heavy atom. The fourth-order valence-electron chi connectivity index (χ4n) is 1.68. The Morgan fingerprint density at radius 1 is 1.47 bits per heavy atom. The molecule has 15 heavy (non-hydrogen) atoms. The van der Waals surface area contributed by atoms with Crippen LogP contribution in [0.1, 0.15) is 5.56 Å². The number of nitro benzene ring substituents is 1. The molecule has 5 heteroatoms. The molecule has 0 aliphatic carbocycles. The Balaban J connectivity index is 2.18. The molecule has 2 rings (SSSR count). The van der Waals surface area contributed by atoms with E-state index in [4.69, 9.17) is 0 Å². The average molecular weight is 271 g/mol. The van der Waals surface area contributed by atoms with Crippen molar-refractivity contribution in [3.8, 4) is 0 Å². The highest BCUT2D eigenvalue weighted by atomic mass is 79.9. The van der Waals surface area contributed by atoms with E-state index in [1.807, 2.05) is 6.07 Å². The molecule has 0 amide bonds. The highest BCUT2D eigenvalue weighted by Crippen LogP contribution is 2.23. The van der Waals surface area contributed by atoms with E-state index in [-0.39, 0.29) is 10.6 Å². The number of nitrogens with zero attached hydrogens (tertiary/aromatic N) is 1. The molecule has 1 aliphatic heterocycles. The SMILES string of the molecule is O=[N+]([O-])c1cc(Br)cc(CC2CNC2)c1. The first kappa shape index (κ1) is 10.6. The molecule has 1 fully saturated rings. The second-order valence-corrected chi connectivity index (χ2v) is 4.72. The summed E-state index contributed by atoms with van der Waals surface area (Å²) < 4.78 is 0.777. The summed E-state index contributed by atoms with van der Waals surface area (Å²) in [6, 6.07) is 5.14. The van der Waals surface area contributed by atoms with Crippen LogP contribution in [0.5, 0.6) is 0 Å². The summed E-state index contributed by atoms with van der Waals surface area (Å²) in [5.41, 5.74) is 1.19. The number of benzene rings is 1. The fraction of sp³-hybridized carbons (Fsp3) is 0.400. The number of non-ortho nitro benzene ring substituents is 1. The van der Waals surface area contributed by atoms with Crippen LogP contribution in [0.25, 0.3) is 0 Å². The van der Waals surface area contributed by atoms with Crippen molar-refractivity contribution in [1.29, 1.82) is 0 Å². The van der Waals surface area contributed by atoms with Gasteiger partial charge in [0.05, 0.1) is 4.92 Å². The highest BCUT2D eigenvalue weighted by Gasteiger charge is 2.18. The van der Waals surface area contributed by atoms with E-state index in [1.54, 1.807) is 6.07 Å². The van der Waals surface area contributed by atoms with E-state index in [0.29, 0.717) is 5.92 Å². The van der Waals surface area contributed by atoms with Gasteiger partial charge < -0.3 is 5.32 Å². The van der Waals surface area contributed by atoms with Crippen LogP contribution in [0.3, 0.4) is 0 Å². The summed E-state index contributed by atoms with van der Waals surface area (Å²) in [5.74, 6) is 0.624. The van der Waals surface area contributed by atoms with Crippen LogP contribution in [-0.2, 0) is 6.42 Å². The monoisotopic (exact) mass is 270 g/mol. The van der Waals surface area contributed by atoms with E-state index in [2.05, 4.69) is 21.2 Å². The number of halogens is 1. The number of nitrogens with one attached hydrogen (secondary N) is 1. The minimum Gasteiger partial charge on any atom is -0.316 e. The third-order valence-electron chi connectivity index (χ3n) is 2.54. The van der Waals surface area contributed by atoms with Gasteiger partial charge >= 0.3 is 0 Å². The standard InChI is InChI=1S/C10H11BrN2O2/c11-9-2-7(1-8-5-12-6-8)3-10(4-9)13(14)15/h2-4,8,12H,1,5-6H2. The zero-order chi connectivity index (χ0) is 10.8. The molecule has 1 N–H and O–H groups in total. The maximum Gasteiger partial charge on any atom is 0.270 e. The van der Waals surface area contributed by atoms with Gasteiger partial charge in [-0.25, -0.2) is 0 Å². The molecule has 0 atom stereocenters. The van der Waals surface area contributed by atoms with Gasteiger partial charge in [0.2, 0.25) is 0 Å². The molecule has 1 aromatic rings. The average Bonchev–Trinajstić information content (AvgIpc) is 2.10. The lowest BCUT2D eigenvalue weighted by molar-refractivity contribution is -0.385. The summed E-state index contributed by atoms with van der Waals surface area (Å²) in [6.07, 6.45) is 0.910. The minimum absolute atomic E-state index is 0.159. The lowest BCUT2D eigenvalue weighted by Gasteiger charge is -2.27. The van der Waals surface area contributed by atoms with Crippen molar-refractivity contribution in [3.05, 3.63) is 38.3 Å². The predicted molar refractivity (Wildman–Crippen MR) is 60.9 cm³/mol. The van der Waals surface area contributed by atoms with Crippen molar-refractivity contribution < 1.29 is 4.92 Å². The molecule has 0 radical (unpaired) electrons. The molecule has 0 aromatic heterocycles. The van der Waals surface area contributed by atoms with Crippen molar-refractivity contribution in [2.24, 2.45) is 5.92 Å². The quantitative estimate of drug-likeness (QED) is 0.676. The van der Waals surface area contributed by atoms with Crippen molar-refractivity contribution in [1.82, 2.24) is 5.32 Å². The van der Waals surface area contributed by atoms with Crippen molar-refractivity contribution in [2.75, 3.05) is 13.1 Å². The smallest absolute Gasteiger partial charge is 0.270 e. The van der Waals surface area contributed by atoms with Crippen molar-refractivity contribution in [3.63, 3.8) is 0 Å². The molecule has 80 valence electrons. The summed E-state index contributed by atoms with van der Waals surface area (Å²) >= 11 is 3.29. The normalized spacial score (nSPS) is 16.1. The van der Waals surface area contributed by atoms with Gasteiger partial charge in [-0.05, 0) is 37.1 Å². The third-order valence-corrected chi connectivity index (χ3v) is 3.00. The molecule has 0 bridgehead atoms. The van der Waals surface area contributed by atoms with Crippen LogP contribution in [0.4, 0.5) is 5.69 Å². The lowest BCUT2D eigenvalue weighted by atomic mass is 9.94. The molecule has 1 saturated heterocycles. The van der Waals surface area contributed by atoms with Gasteiger partial charge in [0.25, 0.3) is 5.69 Å². The summed E-state index contributed by atoms with van der Waals surface area (Å²) in [4.78, 5) is 10.3. The van der Waals surface area contributed by atoms with Gasteiger partial charge in [-0.15, -0.1) is 0 Å². The van der Waals surface area contributed by atoms with E-state index in [0.717, 1.165) is 29.5 Å². The van der Waals surface area contributed by atoms with Gasteiger partial charge in [-0.1, -0.05) is 15.9 Å². The molecule has 0 saturated carbocycles. The van der Waals surface area contributed by atoms with Crippen LogP contribution < -0.4 is 5.32 Å². The predicted octanol–water partition coefficient (Wildman–Crippen LogP) is 2.12. The lowest BCUT2D eigenvalue weighted by Crippen LogP contribution is -2.43. The Hall–Kier alpha value is -0.940. The van der Waals surface area contributed by atoms with Gasteiger partial charge in [0.1, 0.15) is 0 Å². The van der Waals surface area contributed by atoms with Crippen LogP contribution in [-0.4, -0.2) is 18.0 Å². The Labute approximate surface area is 96.0 Å². The van der Waals surface area contributed by atoms with E-state index in [9.17, 15) is 10.1 Å². The summed E-state index contributed by atoms with van der Waals surface area (Å²) in [6.45, 7) is 2.03. The molecular weight excluding hydrogens is 260 g/mol. The van der Waals surface area contributed by atoms with Crippen LogP contribution in [0.15, 0.2) is 22.7 Å². The molecular formula is C10H11BrN2O2. The zero-order valence-electron chi connectivity index (χ0n) is 8.07.